The first kappa shape index (κ1) is 89.6. The Morgan fingerprint density at radius 3 is 1.01 bits per heavy atom. The van der Waals surface area contributed by atoms with Crippen LogP contribution in [0, 0.1) is 0 Å². The van der Waals surface area contributed by atoms with Gasteiger partial charge in [-0.15, -0.1) is 0 Å². The van der Waals surface area contributed by atoms with Gasteiger partial charge in [0.05, 0.1) is 25.4 Å². The van der Waals surface area contributed by atoms with Crippen LogP contribution in [0.1, 0.15) is 361 Å². The summed E-state index contributed by atoms with van der Waals surface area (Å²) in [5, 5.41) is 54.9. The summed E-state index contributed by atoms with van der Waals surface area (Å²) in [7, 11) is 0. The van der Waals surface area contributed by atoms with Crippen molar-refractivity contribution in [2.45, 2.75) is 403 Å². The minimum absolute atomic E-state index is 0.187. The molecule has 6 N–H and O–H groups in total. The van der Waals surface area contributed by atoms with Crippen molar-refractivity contribution in [3.8, 4) is 0 Å². The molecule has 0 aromatic rings. The number of hydrogen-bond donors (Lipinski definition) is 6. The summed E-state index contributed by atoms with van der Waals surface area (Å²) in [6, 6.07) is -0.831. The third-order valence-electron chi connectivity index (χ3n) is 18.5. The Morgan fingerprint density at radius 1 is 0.368 bits per heavy atom. The zero-order valence-electron chi connectivity index (χ0n) is 61.6. The number of hydrogen-bond acceptors (Lipinski definition) is 8. The first-order chi connectivity index (χ1) is 46.8. The molecule has 95 heavy (non-hydrogen) atoms. The van der Waals surface area contributed by atoms with Crippen molar-refractivity contribution in [3.05, 3.63) is 122 Å². The van der Waals surface area contributed by atoms with Crippen molar-refractivity contribution >= 4 is 5.91 Å². The molecule has 0 spiro atoms. The van der Waals surface area contributed by atoms with Gasteiger partial charge in [0.2, 0.25) is 5.91 Å². The van der Waals surface area contributed by atoms with E-state index in [2.05, 4.69) is 129 Å². The maximum Gasteiger partial charge on any atom is 0.220 e. The normalized spacial score (nSPS) is 18.2. The number of rotatable bonds is 70. The first-order valence-corrected chi connectivity index (χ1v) is 40.3. The predicted octanol–water partition coefficient (Wildman–Crippen LogP) is 23.3. The fourth-order valence-electron chi connectivity index (χ4n) is 12.3. The van der Waals surface area contributed by atoms with Gasteiger partial charge in [-0.25, -0.2) is 0 Å². The third kappa shape index (κ3) is 61.4. The Balaban J connectivity index is 2.11. The van der Waals surface area contributed by atoms with Crippen LogP contribution in [-0.4, -0.2) is 87.5 Å². The molecule has 0 bridgehead atoms. The second-order valence-corrected chi connectivity index (χ2v) is 27.5. The summed E-state index contributed by atoms with van der Waals surface area (Å²) in [5.41, 5.74) is 0. The molecule has 1 amide bonds. The number of nitrogens with one attached hydrogen (secondary N) is 1. The minimum Gasteiger partial charge on any atom is -0.394 e. The van der Waals surface area contributed by atoms with Crippen LogP contribution >= 0.6 is 0 Å². The highest BCUT2D eigenvalue weighted by atomic mass is 16.7. The van der Waals surface area contributed by atoms with E-state index in [4.69, 9.17) is 9.47 Å². The largest absolute Gasteiger partial charge is 0.394 e. The molecule has 1 aliphatic heterocycles. The first-order valence-electron chi connectivity index (χ1n) is 40.3. The molecule has 1 heterocycles. The van der Waals surface area contributed by atoms with Gasteiger partial charge in [-0.05, 0) is 96.3 Å². The van der Waals surface area contributed by atoms with Crippen LogP contribution in [-0.2, 0) is 14.3 Å². The second-order valence-electron chi connectivity index (χ2n) is 27.5. The molecule has 1 fully saturated rings. The summed E-state index contributed by atoms with van der Waals surface area (Å²) < 4.78 is 11.3. The third-order valence-corrected chi connectivity index (χ3v) is 18.5. The van der Waals surface area contributed by atoms with Gasteiger partial charge in [0, 0.05) is 6.42 Å². The molecule has 7 unspecified atom stereocenters. The average Bonchev–Trinajstić information content (AvgIpc) is 0.836. The zero-order valence-corrected chi connectivity index (χ0v) is 61.6. The predicted molar refractivity (Wildman–Crippen MR) is 410 cm³/mol. The van der Waals surface area contributed by atoms with Crippen LogP contribution < -0.4 is 5.32 Å². The average molecular weight is 1330 g/mol. The summed E-state index contributed by atoms with van der Waals surface area (Å²) in [5.74, 6) is -0.187. The molecule has 0 aromatic carbocycles. The van der Waals surface area contributed by atoms with Crippen molar-refractivity contribution in [2.75, 3.05) is 13.2 Å². The Labute approximate surface area is 586 Å². The van der Waals surface area contributed by atoms with Crippen LogP contribution in [0.25, 0.3) is 0 Å². The van der Waals surface area contributed by atoms with Gasteiger partial charge < -0.3 is 40.3 Å². The highest BCUT2D eigenvalue weighted by molar-refractivity contribution is 5.76. The van der Waals surface area contributed by atoms with Gasteiger partial charge in [0.1, 0.15) is 24.4 Å². The molecule has 0 aromatic heterocycles. The maximum atomic E-state index is 13.2. The summed E-state index contributed by atoms with van der Waals surface area (Å²) in [6.45, 7) is 3.69. The Morgan fingerprint density at radius 2 is 0.663 bits per heavy atom. The lowest BCUT2D eigenvalue weighted by atomic mass is 9.99. The van der Waals surface area contributed by atoms with Crippen molar-refractivity contribution in [3.63, 3.8) is 0 Å². The molecule has 1 aliphatic rings. The zero-order chi connectivity index (χ0) is 68.5. The molecule has 1 saturated heterocycles. The molecular weight excluding hydrogens is 1170 g/mol. The van der Waals surface area contributed by atoms with Crippen LogP contribution in [0.5, 0.6) is 0 Å². The van der Waals surface area contributed by atoms with E-state index in [9.17, 15) is 30.3 Å². The molecule has 1 rings (SSSR count). The molecule has 9 nitrogen and oxygen atoms in total. The topological polar surface area (TPSA) is 149 Å². The molecule has 7 atom stereocenters. The number of carbonyl (C=O) groups is 1. The number of allylic oxidation sites excluding steroid dienone is 19. The van der Waals surface area contributed by atoms with Gasteiger partial charge in [0.25, 0.3) is 0 Å². The number of ether oxygens (including phenoxy) is 2. The SMILES string of the molecule is CC/C=C\C/C=C\C/C=C\C/C=C\C/C=C\C/C=C\C/C=C\C/C=C\CCCCCCCCCCCCCCCCC(=O)NC(COC1OC(CO)C(O)C(O)C1O)C(O)/C=C/CC/C=C/CCCCCCCCCCCCCCCCCCCCCCCCCCCCC. The van der Waals surface area contributed by atoms with Crippen LogP contribution in [0.2, 0.25) is 0 Å². The van der Waals surface area contributed by atoms with Gasteiger partial charge in [-0.3, -0.25) is 4.79 Å². The smallest absolute Gasteiger partial charge is 0.220 e. The number of unbranched alkanes of at least 4 members (excludes halogenated alkanes) is 42. The van der Waals surface area contributed by atoms with Crippen molar-refractivity contribution < 1.29 is 39.8 Å². The van der Waals surface area contributed by atoms with E-state index < -0.39 is 49.5 Å². The van der Waals surface area contributed by atoms with E-state index >= 15 is 0 Å². The van der Waals surface area contributed by atoms with Gasteiger partial charge in [0.15, 0.2) is 6.29 Å². The highest BCUT2D eigenvalue weighted by Gasteiger charge is 2.44. The minimum atomic E-state index is -1.58. The fourth-order valence-corrected chi connectivity index (χ4v) is 12.3. The van der Waals surface area contributed by atoms with Gasteiger partial charge >= 0.3 is 0 Å². The van der Waals surface area contributed by atoms with E-state index in [0.717, 1.165) is 89.9 Å². The van der Waals surface area contributed by atoms with E-state index in [0.29, 0.717) is 6.42 Å². The number of carbonyl (C=O) groups excluding carboxylic acids is 1. The molecule has 0 aliphatic carbocycles. The van der Waals surface area contributed by atoms with Gasteiger partial charge in [-0.2, -0.15) is 0 Å². The lowest BCUT2D eigenvalue weighted by molar-refractivity contribution is -0.302. The van der Waals surface area contributed by atoms with Crippen molar-refractivity contribution in [1.82, 2.24) is 5.32 Å². The molecule has 0 saturated carbocycles. The van der Waals surface area contributed by atoms with E-state index in [1.807, 2.05) is 6.08 Å². The molecule has 548 valence electrons. The Bertz CT molecular complexity index is 1930. The van der Waals surface area contributed by atoms with Crippen LogP contribution in [0.3, 0.4) is 0 Å². The monoisotopic (exact) mass is 1330 g/mol. The van der Waals surface area contributed by atoms with E-state index in [1.54, 1.807) is 6.08 Å². The van der Waals surface area contributed by atoms with Crippen molar-refractivity contribution in [2.24, 2.45) is 0 Å². The Hall–Kier alpha value is -3.41. The maximum absolute atomic E-state index is 13.2. The summed E-state index contributed by atoms with van der Waals surface area (Å²) in [6.07, 6.45) is 103. The standard InChI is InChI=1S/C86H151NO8/c1-3-5-7-9-11-13-15-17-19-21-23-25-27-29-31-33-35-37-38-39-40-41-42-44-46-48-50-52-54-56-58-60-62-64-66-68-70-72-74-76-82(90)87-79(78-94-86-85(93)84(92)83(91)81(77-88)95-86)80(89)75-73-71-69-67-65-63-61-59-57-55-53-51-49-47-45-43-36-34-32-30-28-26-24-22-20-18-16-14-12-10-8-6-4-2/h5,7,11,13,17,19,23,25,29,31,35,37,39-40,42,44,65,67,73,75,79-81,83-86,88-89,91-93H,3-4,6,8-10,12,14-16,18,20-22,24,26-28,30,32-34,36,38,41,43,45-64,66,68-72,74,76-78H2,1-2H3,(H,87,90)/b7-5-,13-11-,19-17-,25-23-,31-29-,37-35-,40-39-,44-42-,67-65+,75-73+. The molecular formula is C86H151NO8. The number of amides is 1. The fraction of sp³-hybridized carbons (Fsp3) is 0.756. The number of aliphatic hydroxyl groups is 5. The van der Waals surface area contributed by atoms with Crippen molar-refractivity contribution in [1.29, 1.82) is 0 Å². The lowest BCUT2D eigenvalue weighted by Crippen LogP contribution is -2.60. The quantitative estimate of drug-likeness (QED) is 0.0261. The molecule has 9 heteroatoms. The van der Waals surface area contributed by atoms with Crippen LogP contribution in [0.15, 0.2) is 122 Å². The van der Waals surface area contributed by atoms with Gasteiger partial charge in [-0.1, -0.05) is 379 Å². The summed E-state index contributed by atoms with van der Waals surface area (Å²) in [4.78, 5) is 13.2. The Kier molecular flexibility index (Phi) is 69.1. The van der Waals surface area contributed by atoms with E-state index in [-0.39, 0.29) is 12.5 Å². The molecule has 0 radical (unpaired) electrons. The van der Waals surface area contributed by atoms with Crippen LogP contribution in [0.4, 0.5) is 0 Å². The number of aliphatic hydroxyl groups excluding tert-OH is 5. The second kappa shape index (κ2) is 73.3. The van der Waals surface area contributed by atoms with E-state index in [1.165, 1.54) is 250 Å². The highest BCUT2D eigenvalue weighted by Crippen LogP contribution is 2.24. The summed E-state index contributed by atoms with van der Waals surface area (Å²) >= 11 is 0. The lowest BCUT2D eigenvalue weighted by Gasteiger charge is -2.40.